The molecule has 1 heterocycles. The topological polar surface area (TPSA) is 6.48 Å². The van der Waals surface area contributed by atoms with Crippen LogP contribution in [0.25, 0.3) is 44.5 Å². The molecule has 0 N–H and O–H groups in total. The summed E-state index contributed by atoms with van der Waals surface area (Å²) in [5, 5.41) is 0. The lowest BCUT2D eigenvalue weighted by molar-refractivity contribution is 0.754. The van der Waals surface area contributed by atoms with Crippen molar-refractivity contribution in [2.45, 2.75) is 5.41 Å². The summed E-state index contributed by atoms with van der Waals surface area (Å²) in [5.41, 5.74) is 21.2. The van der Waals surface area contributed by atoms with Crippen LogP contribution in [0.5, 0.6) is 0 Å². The summed E-state index contributed by atoms with van der Waals surface area (Å²) >= 11 is 0. The fourth-order valence-corrected chi connectivity index (χ4v) is 10.4. The molecule has 296 valence electrons. The van der Waals surface area contributed by atoms with Crippen molar-refractivity contribution in [1.82, 2.24) is 0 Å². The third-order valence-corrected chi connectivity index (χ3v) is 13.1. The molecule has 12 rings (SSSR count). The van der Waals surface area contributed by atoms with Gasteiger partial charge in [-0.1, -0.05) is 200 Å². The minimum Gasteiger partial charge on any atom is -0.310 e. The summed E-state index contributed by atoms with van der Waals surface area (Å²) in [4.78, 5) is 4.85. The lowest BCUT2D eigenvalue weighted by Gasteiger charge is -2.45. The highest BCUT2D eigenvalue weighted by Crippen LogP contribution is 2.65. The molecule has 10 aromatic carbocycles. The van der Waals surface area contributed by atoms with Crippen molar-refractivity contribution in [2.24, 2.45) is 0 Å². The van der Waals surface area contributed by atoms with Gasteiger partial charge in [-0.3, -0.25) is 0 Å². The number of nitrogens with zero attached hydrogens (tertiary/aromatic N) is 2. The maximum absolute atomic E-state index is 2.45. The van der Waals surface area contributed by atoms with Crippen LogP contribution in [0.4, 0.5) is 34.1 Å². The molecule has 0 unspecified atom stereocenters. The Morgan fingerprint density at radius 3 is 1.35 bits per heavy atom. The molecular weight excluding hydrogens is 761 g/mol. The summed E-state index contributed by atoms with van der Waals surface area (Å²) in [6, 6.07) is 93.2. The molecule has 63 heavy (non-hydrogen) atoms. The van der Waals surface area contributed by atoms with Gasteiger partial charge in [0.15, 0.2) is 0 Å². The molecule has 1 aliphatic carbocycles. The summed E-state index contributed by atoms with van der Waals surface area (Å²) in [6.45, 7) is 0. The van der Waals surface area contributed by atoms with Gasteiger partial charge in [0.1, 0.15) is 0 Å². The first-order valence-corrected chi connectivity index (χ1v) is 21.8. The van der Waals surface area contributed by atoms with E-state index in [0.29, 0.717) is 0 Å². The van der Waals surface area contributed by atoms with Gasteiger partial charge in [0.05, 0.1) is 22.5 Å². The lowest BCUT2D eigenvalue weighted by Crippen LogP contribution is -2.36. The van der Waals surface area contributed by atoms with Crippen molar-refractivity contribution in [3.05, 3.63) is 277 Å². The molecule has 2 nitrogen and oxygen atoms in total. The highest BCUT2D eigenvalue weighted by Gasteiger charge is 2.52. The zero-order valence-electron chi connectivity index (χ0n) is 34.6. The predicted molar refractivity (Wildman–Crippen MR) is 263 cm³/mol. The second-order valence-corrected chi connectivity index (χ2v) is 16.4. The van der Waals surface area contributed by atoms with Gasteiger partial charge in [0.25, 0.3) is 0 Å². The highest BCUT2D eigenvalue weighted by atomic mass is 15.2. The Bertz CT molecular complexity index is 3220. The van der Waals surface area contributed by atoms with Crippen LogP contribution < -0.4 is 9.80 Å². The average molecular weight is 803 g/mol. The SMILES string of the molecule is c1ccc(-c2ccc(N(c3ccc(-c4cccc5c4C4(c6ccccc6-5)c5ccccc5N(c5ccccc5)c5ccccc54)cc3)c3ccccc3-c3ccccc3)cc2)cc1. The van der Waals surface area contributed by atoms with Gasteiger partial charge < -0.3 is 9.80 Å². The maximum atomic E-state index is 2.45. The highest BCUT2D eigenvalue weighted by molar-refractivity contribution is 5.99. The van der Waals surface area contributed by atoms with Crippen molar-refractivity contribution in [3.8, 4) is 44.5 Å². The van der Waals surface area contributed by atoms with E-state index >= 15 is 0 Å². The largest absolute Gasteiger partial charge is 0.310 e. The minimum absolute atomic E-state index is 0.555. The van der Waals surface area contributed by atoms with Crippen molar-refractivity contribution in [1.29, 1.82) is 0 Å². The molecule has 0 saturated carbocycles. The van der Waals surface area contributed by atoms with E-state index in [-0.39, 0.29) is 0 Å². The molecule has 0 bridgehead atoms. The third kappa shape index (κ3) is 5.80. The standard InChI is InChI=1S/C61H42N2/c1-4-19-43(20-5-1)44-35-39-48(40-36-44)62(57-32-15-11-25-50(57)45-21-6-2-7-22-45)49-41-37-46(38-42-49)51-27-18-28-53-52-26-10-12-29-54(52)61(60(51)53)55-30-13-16-33-58(55)63(47-23-8-3-9-24-47)59-34-17-14-31-56(59)61/h1-42H. The van der Waals surface area contributed by atoms with Crippen LogP contribution in [0.1, 0.15) is 22.3 Å². The Morgan fingerprint density at radius 2 is 0.714 bits per heavy atom. The molecule has 0 radical (unpaired) electrons. The van der Waals surface area contributed by atoms with E-state index in [1.54, 1.807) is 0 Å². The van der Waals surface area contributed by atoms with Crippen LogP contribution in [0.3, 0.4) is 0 Å². The molecule has 0 fully saturated rings. The Hall–Kier alpha value is -8.20. The quantitative estimate of drug-likeness (QED) is 0.158. The zero-order valence-corrected chi connectivity index (χ0v) is 34.6. The molecule has 1 spiro atoms. The number of hydrogen-bond acceptors (Lipinski definition) is 2. The van der Waals surface area contributed by atoms with Gasteiger partial charge in [-0.15, -0.1) is 0 Å². The molecular formula is C61H42N2. The fourth-order valence-electron chi connectivity index (χ4n) is 10.4. The first-order chi connectivity index (χ1) is 31.3. The van der Waals surface area contributed by atoms with E-state index in [9.17, 15) is 0 Å². The first kappa shape index (κ1) is 36.6. The van der Waals surface area contributed by atoms with Crippen molar-refractivity contribution >= 4 is 34.1 Å². The summed E-state index contributed by atoms with van der Waals surface area (Å²) in [5.74, 6) is 0. The van der Waals surface area contributed by atoms with Crippen LogP contribution in [0.15, 0.2) is 255 Å². The van der Waals surface area contributed by atoms with Gasteiger partial charge >= 0.3 is 0 Å². The van der Waals surface area contributed by atoms with Gasteiger partial charge in [-0.05, 0) is 116 Å². The Morgan fingerprint density at radius 1 is 0.286 bits per heavy atom. The zero-order chi connectivity index (χ0) is 41.7. The van der Waals surface area contributed by atoms with Crippen LogP contribution in [0, 0.1) is 0 Å². The number of fused-ring (bicyclic) bond motifs is 9. The molecule has 2 heteroatoms. The number of rotatable bonds is 7. The summed E-state index contributed by atoms with van der Waals surface area (Å²) in [6.07, 6.45) is 0. The van der Waals surface area contributed by atoms with Crippen molar-refractivity contribution < 1.29 is 0 Å². The van der Waals surface area contributed by atoms with E-state index in [0.717, 1.165) is 22.7 Å². The van der Waals surface area contributed by atoms with E-state index in [1.807, 2.05) is 0 Å². The molecule has 10 aromatic rings. The number of anilines is 6. The average Bonchev–Trinajstić information content (AvgIpc) is 3.66. The lowest BCUT2D eigenvalue weighted by atomic mass is 9.63. The van der Waals surface area contributed by atoms with E-state index in [1.165, 1.54) is 78.1 Å². The Balaban J connectivity index is 1.05. The van der Waals surface area contributed by atoms with Gasteiger partial charge in [-0.2, -0.15) is 0 Å². The minimum atomic E-state index is -0.555. The number of benzene rings is 10. The number of para-hydroxylation sites is 4. The molecule has 0 atom stereocenters. The van der Waals surface area contributed by atoms with E-state index < -0.39 is 5.41 Å². The monoisotopic (exact) mass is 802 g/mol. The molecule has 0 saturated heterocycles. The third-order valence-electron chi connectivity index (χ3n) is 13.1. The van der Waals surface area contributed by atoms with Crippen molar-refractivity contribution in [3.63, 3.8) is 0 Å². The van der Waals surface area contributed by atoms with Gasteiger partial charge in [0.2, 0.25) is 0 Å². The second kappa shape index (κ2) is 15.1. The Kier molecular flexibility index (Phi) is 8.76. The summed E-state index contributed by atoms with van der Waals surface area (Å²) in [7, 11) is 0. The number of hydrogen-bond donors (Lipinski definition) is 0. The van der Waals surface area contributed by atoms with Crippen molar-refractivity contribution in [2.75, 3.05) is 9.80 Å². The van der Waals surface area contributed by atoms with Crippen LogP contribution in [-0.4, -0.2) is 0 Å². The van der Waals surface area contributed by atoms with Gasteiger partial charge in [0, 0.05) is 22.6 Å². The predicted octanol–water partition coefficient (Wildman–Crippen LogP) is 16.3. The van der Waals surface area contributed by atoms with Crippen LogP contribution >= 0.6 is 0 Å². The fraction of sp³-hybridized carbons (Fsp3) is 0.0164. The second-order valence-electron chi connectivity index (χ2n) is 16.4. The van der Waals surface area contributed by atoms with E-state index in [4.69, 9.17) is 0 Å². The molecule has 1 aliphatic heterocycles. The molecule has 0 aromatic heterocycles. The maximum Gasteiger partial charge on any atom is 0.0760 e. The summed E-state index contributed by atoms with van der Waals surface area (Å²) < 4.78 is 0. The van der Waals surface area contributed by atoms with Crippen LogP contribution in [0.2, 0.25) is 0 Å². The van der Waals surface area contributed by atoms with E-state index in [2.05, 4.69) is 265 Å². The Labute approximate surface area is 369 Å². The van der Waals surface area contributed by atoms with Crippen LogP contribution in [-0.2, 0) is 5.41 Å². The first-order valence-electron chi connectivity index (χ1n) is 21.8. The van der Waals surface area contributed by atoms with Gasteiger partial charge in [-0.25, -0.2) is 0 Å². The normalized spacial score (nSPS) is 12.9. The smallest absolute Gasteiger partial charge is 0.0760 e. The molecule has 0 amide bonds. The molecule has 2 aliphatic rings.